The van der Waals surface area contributed by atoms with E-state index in [1.165, 1.54) is 23.5 Å². The molecule has 1 N–H and O–H groups in total. The quantitative estimate of drug-likeness (QED) is 0.849. The number of aliphatic hydroxyl groups is 1. The van der Waals surface area contributed by atoms with Crippen molar-refractivity contribution in [2.24, 2.45) is 0 Å². The van der Waals surface area contributed by atoms with E-state index in [-0.39, 0.29) is 5.82 Å². The number of aryl methyl sites for hydroxylation is 1. The highest BCUT2D eigenvalue weighted by atomic mass is 32.1. The van der Waals surface area contributed by atoms with Crippen LogP contribution in [0.5, 0.6) is 0 Å². The van der Waals surface area contributed by atoms with Crippen molar-refractivity contribution in [3.8, 4) is 0 Å². The zero-order valence-corrected chi connectivity index (χ0v) is 8.96. The van der Waals surface area contributed by atoms with E-state index in [1.54, 1.807) is 18.3 Å². The molecule has 1 unspecified atom stereocenters. The molecule has 0 bridgehead atoms. The van der Waals surface area contributed by atoms with Gasteiger partial charge in [-0.15, -0.1) is 11.3 Å². The summed E-state index contributed by atoms with van der Waals surface area (Å²) in [5.74, 6) is -0.340. The van der Waals surface area contributed by atoms with Crippen LogP contribution in [0.2, 0.25) is 0 Å². The molecule has 2 nitrogen and oxygen atoms in total. The Morgan fingerprint density at radius 2 is 2.27 bits per heavy atom. The molecule has 1 aromatic carbocycles. The smallest absolute Gasteiger partial charge is 0.123 e. The first kappa shape index (κ1) is 10.3. The van der Waals surface area contributed by atoms with Gasteiger partial charge in [-0.25, -0.2) is 9.37 Å². The van der Waals surface area contributed by atoms with Gasteiger partial charge in [-0.05, 0) is 24.6 Å². The Morgan fingerprint density at radius 1 is 1.47 bits per heavy atom. The predicted octanol–water partition coefficient (Wildman–Crippen LogP) is 2.67. The average molecular weight is 223 g/mol. The van der Waals surface area contributed by atoms with Crippen LogP contribution >= 0.6 is 11.3 Å². The third kappa shape index (κ3) is 2.22. The van der Waals surface area contributed by atoms with Crippen molar-refractivity contribution in [3.05, 3.63) is 51.7 Å². The Morgan fingerprint density at radius 3 is 2.87 bits per heavy atom. The summed E-state index contributed by atoms with van der Waals surface area (Å²) in [5.41, 5.74) is 0.554. The Hall–Kier alpha value is -1.26. The minimum atomic E-state index is -0.785. The van der Waals surface area contributed by atoms with Crippen LogP contribution in [-0.2, 0) is 0 Å². The lowest BCUT2D eigenvalue weighted by molar-refractivity contribution is 0.223. The second-order valence-electron chi connectivity index (χ2n) is 3.24. The number of thiazole rings is 1. The van der Waals surface area contributed by atoms with E-state index in [2.05, 4.69) is 4.98 Å². The topological polar surface area (TPSA) is 33.1 Å². The van der Waals surface area contributed by atoms with Gasteiger partial charge in [-0.3, -0.25) is 0 Å². The Balaban J connectivity index is 2.32. The summed E-state index contributed by atoms with van der Waals surface area (Å²) in [5, 5.41) is 10.8. The van der Waals surface area contributed by atoms with Crippen LogP contribution in [0, 0.1) is 12.7 Å². The molecule has 0 saturated heterocycles. The summed E-state index contributed by atoms with van der Waals surface area (Å²) in [6.07, 6.45) is 0.835. The summed E-state index contributed by atoms with van der Waals surface area (Å²) in [7, 11) is 0. The zero-order valence-electron chi connectivity index (χ0n) is 8.14. The predicted molar refractivity (Wildman–Crippen MR) is 57.3 cm³/mol. The maximum Gasteiger partial charge on any atom is 0.123 e. The summed E-state index contributed by atoms with van der Waals surface area (Å²) >= 11 is 1.41. The summed E-state index contributed by atoms with van der Waals surface area (Å²) in [6, 6.07) is 5.97. The average Bonchev–Trinajstić information content (AvgIpc) is 2.64. The van der Waals surface area contributed by atoms with Crippen LogP contribution in [0.15, 0.2) is 30.5 Å². The molecule has 1 atom stereocenters. The van der Waals surface area contributed by atoms with E-state index >= 15 is 0 Å². The lowest BCUT2D eigenvalue weighted by atomic mass is 10.1. The van der Waals surface area contributed by atoms with Crippen molar-refractivity contribution < 1.29 is 9.50 Å². The van der Waals surface area contributed by atoms with E-state index in [9.17, 15) is 9.50 Å². The second-order valence-corrected chi connectivity index (χ2v) is 4.51. The van der Waals surface area contributed by atoms with Gasteiger partial charge >= 0.3 is 0 Å². The van der Waals surface area contributed by atoms with Gasteiger partial charge in [0.15, 0.2) is 0 Å². The SMILES string of the molecule is Cc1ncc(C(O)c2cccc(F)c2)s1. The van der Waals surface area contributed by atoms with E-state index < -0.39 is 6.10 Å². The van der Waals surface area contributed by atoms with Gasteiger partial charge in [0.05, 0.1) is 9.88 Å². The molecule has 0 amide bonds. The van der Waals surface area contributed by atoms with Gasteiger partial charge in [0.1, 0.15) is 11.9 Å². The molecule has 1 heterocycles. The Labute approximate surface area is 91.0 Å². The molecule has 2 aromatic rings. The molecule has 0 spiro atoms. The monoisotopic (exact) mass is 223 g/mol. The number of benzene rings is 1. The van der Waals surface area contributed by atoms with E-state index in [0.29, 0.717) is 5.56 Å². The minimum Gasteiger partial charge on any atom is -0.383 e. The third-order valence-corrected chi connectivity index (χ3v) is 3.04. The van der Waals surface area contributed by atoms with Gasteiger partial charge in [0, 0.05) is 6.20 Å². The van der Waals surface area contributed by atoms with E-state index in [1.807, 2.05) is 6.92 Å². The largest absolute Gasteiger partial charge is 0.383 e. The third-order valence-electron chi connectivity index (χ3n) is 2.07. The van der Waals surface area contributed by atoms with Crippen molar-refractivity contribution in [2.45, 2.75) is 13.0 Å². The first-order valence-corrected chi connectivity index (χ1v) is 5.34. The highest BCUT2D eigenvalue weighted by Crippen LogP contribution is 2.26. The number of aromatic nitrogens is 1. The van der Waals surface area contributed by atoms with E-state index in [0.717, 1.165) is 9.88 Å². The van der Waals surface area contributed by atoms with Crippen molar-refractivity contribution in [2.75, 3.05) is 0 Å². The number of halogens is 1. The summed E-state index contributed by atoms with van der Waals surface area (Å²) < 4.78 is 12.9. The van der Waals surface area contributed by atoms with Gasteiger partial charge in [-0.2, -0.15) is 0 Å². The lowest BCUT2D eigenvalue weighted by Gasteiger charge is -2.07. The van der Waals surface area contributed by atoms with Gasteiger partial charge in [0.25, 0.3) is 0 Å². The van der Waals surface area contributed by atoms with Crippen molar-refractivity contribution in [3.63, 3.8) is 0 Å². The standard InChI is InChI=1S/C11H10FNOS/c1-7-13-6-10(15-7)11(14)8-3-2-4-9(12)5-8/h2-6,11,14H,1H3. The number of hydrogen-bond acceptors (Lipinski definition) is 3. The molecule has 78 valence electrons. The molecule has 0 aliphatic carbocycles. The maximum atomic E-state index is 12.9. The normalized spacial score (nSPS) is 12.7. The molecule has 0 saturated carbocycles. The molecule has 0 aliphatic heterocycles. The van der Waals surface area contributed by atoms with Crippen LogP contribution in [-0.4, -0.2) is 10.1 Å². The molecule has 0 radical (unpaired) electrons. The van der Waals surface area contributed by atoms with Gasteiger partial charge < -0.3 is 5.11 Å². The number of nitrogens with zero attached hydrogens (tertiary/aromatic N) is 1. The lowest BCUT2D eigenvalue weighted by Crippen LogP contribution is -1.97. The van der Waals surface area contributed by atoms with Crippen molar-refractivity contribution in [1.82, 2.24) is 4.98 Å². The van der Waals surface area contributed by atoms with Crippen LogP contribution in [0.25, 0.3) is 0 Å². The van der Waals surface area contributed by atoms with E-state index in [4.69, 9.17) is 0 Å². The number of hydrogen-bond donors (Lipinski definition) is 1. The fourth-order valence-electron chi connectivity index (χ4n) is 1.35. The van der Waals surface area contributed by atoms with Crippen molar-refractivity contribution >= 4 is 11.3 Å². The van der Waals surface area contributed by atoms with Crippen LogP contribution in [0.4, 0.5) is 4.39 Å². The summed E-state index contributed by atoms with van der Waals surface area (Å²) in [6.45, 7) is 1.87. The number of rotatable bonds is 2. The first-order chi connectivity index (χ1) is 7.16. The molecule has 15 heavy (non-hydrogen) atoms. The molecular formula is C11H10FNOS. The highest BCUT2D eigenvalue weighted by molar-refractivity contribution is 7.11. The zero-order chi connectivity index (χ0) is 10.8. The Bertz CT molecular complexity index is 469. The minimum absolute atomic E-state index is 0.340. The molecular weight excluding hydrogens is 213 g/mol. The van der Waals surface area contributed by atoms with Crippen LogP contribution in [0.1, 0.15) is 21.6 Å². The fraction of sp³-hybridized carbons (Fsp3) is 0.182. The van der Waals surface area contributed by atoms with Crippen molar-refractivity contribution in [1.29, 1.82) is 0 Å². The fourth-order valence-corrected chi connectivity index (χ4v) is 2.14. The highest BCUT2D eigenvalue weighted by Gasteiger charge is 2.13. The first-order valence-electron chi connectivity index (χ1n) is 4.52. The second kappa shape index (κ2) is 4.08. The molecule has 4 heteroatoms. The molecule has 1 aromatic heterocycles. The summed E-state index contributed by atoms with van der Waals surface area (Å²) in [4.78, 5) is 4.78. The molecule has 0 fully saturated rings. The molecule has 0 aliphatic rings. The van der Waals surface area contributed by atoms with Gasteiger partial charge in [-0.1, -0.05) is 12.1 Å². The Kier molecular flexibility index (Phi) is 2.79. The number of aliphatic hydroxyl groups excluding tert-OH is 1. The van der Waals surface area contributed by atoms with Crippen LogP contribution < -0.4 is 0 Å². The van der Waals surface area contributed by atoms with Gasteiger partial charge in [0.2, 0.25) is 0 Å². The molecule has 2 rings (SSSR count). The van der Waals surface area contributed by atoms with Crippen LogP contribution in [0.3, 0.4) is 0 Å². The maximum absolute atomic E-state index is 12.9.